The Kier molecular flexibility index (Phi) is 10.7. The van der Waals surface area contributed by atoms with E-state index in [1.807, 2.05) is 80.6 Å². The van der Waals surface area contributed by atoms with Gasteiger partial charge in [-0.2, -0.15) is 0 Å². The number of carbonyl (C=O) groups is 3. The Labute approximate surface area is 301 Å². The van der Waals surface area contributed by atoms with Crippen molar-refractivity contribution < 1.29 is 29.0 Å². The molecule has 51 heavy (non-hydrogen) atoms. The Hall–Kier alpha value is -4.47. The number of hydrogen-bond acceptors (Lipinski definition) is 6. The predicted molar refractivity (Wildman–Crippen MR) is 201 cm³/mol. The number of rotatable bonds is 16. The molecule has 270 valence electrons. The number of likely N-dealkylation sites (tertiary alicyclic amines) is 1. The number of anilines is 2. The van der Waals surface area contributed by atoms with Gasteiger partial charge < -0.3 is 29.3 Å². The molecule has 3 aliphatic heterocycles. The number of fused-ring (bicyclic) bond motifs is 2. The van der Waals surface area contributed by atoms with Crippen LogP contribution in [-0.2, 0) is 19.1 Å². The summed E-state index contributed by atoms with van der Waals surface area (Å²) < 4.78 is 12.7. The number of aliphatic hydroxyl groups excluding tert-OH is 1. The van der Waals surface area contributed by atoms with Gasteiger partial charge in [-0.15, -0.1) is 13.2 Å². The summed E-state index contributed by atoms with van der Waals surface area (Å²) >= 11 is 0. The highest BCUT2D eigenvalue weighted by atomic mass is 16.5. The van der Waals surface area contributed by atoms with Crippen molar-refractivity contribution in [1.82, 2.24) is 4.90 Å². The SMILES string of the molecule is C=CCN(C(=O)C1N(CCCCCCO)C(=O)[C@@H]2[C@@H](C(=O)N(CC=C)c3ccc(OCC)cc3)[C@]3(C)OC12CC3C)c1ccc2ccccc2c1. The second-order valence-electron chi connectivity index (χ2n) is 14.3. The average molecular weight is 694 g/mol. The van der Waals surface area contributed by atoms with Crippen LogP contribution in [0.4, 0.5) is 11.4 Å². The topological polar surface area (TPSA) is 99.6 Å². The van der Waals surface area contributed by atoms with Gasteiger partial charge in [-0.3, -0.25) is 14.4 Å². The Balaban J connectivity index is 1.41. The van der Waals surface area contributed by atoms with Gasteiger partial charge in [0.1, 0.15) is 17.4 Å². The summed E-state index contributed by atoms with van der Waals surface area (Å²) in [6.45, 7) is 15.3. The van der Waals surface area contributed by atoms with Crippen LogP contribution in [0.3, 0.4) is 0 Å². The van der Waals surface area contributed by atoms with Crippen LogP contribution in [-0.4, -0.2) is 77.8 Å². The highest BCUT2D eigenvalue weighted by Crippen LogP contribution is 2.65. The lowest BCUT2D eigenvalue weighted by molar-refractivity contribution is -0.145. The van der Waals surface area contributed by atoms with E-state index < -0.39 is 29.1 Å². The van der Waals surface area contributed by atoms with Crippen molar-refractivity contribution in [3.63, 3.8) is 0 Å². The zero-order valence-electron chi connectivity index (χ0n) is 30.1. The number of nitrogens with zero attached hydrogens (tertiary/aromatic N) is 3. The first-order chi connectivity index (χ1) is 24.6. The van der Waals surface area contributed by atoms with Gasteiger partial charge in [-0.05, 0) is 86.2 Å². The maximum atomic E-state index is 15.2. The quantitative estimate of drug-likeness (QED) is 0.135. The fourth-order valence-corrected chi connectivity index (χ4v) is 8.83. The molecule has 9 heteroatoms. The number of hydrogen-bond donors (Lipinski definition) is 1. The molecule has 0 aliphatic carbocycles. The number of benzene rings is 3. The fraction of sp³-hybridized carbons (Fsp3) is 0.452. The van der Waals surface area contributed by atoms with Crippen LogP contribution in [0.15, 0.2) is 92.0 Å². The van der Waals surface area contributed by atoms with Crippen LogP contribution in [0, 0.1) is 17.8 Å². The van der Waals surface area contributed by atoms with E-state index in [4.69, 9.17) is 9.47 Å². The summed E-state index contributed by atoms with van der Waals surface area (Å²) in [7, 11) is 0. The molecule has 1 N–H and O–H groups in total. The monoisotopic (exact) mass is 693 g/mol. The largest absolute Gasteiger partial charge is 0.494 e. The third-order valence-electron chi connectivity index (χ3n) is 11.3. The fourth-order valence-electron chi connectivity index (χ4n) is 8.83. The third-order valence-corrected chi connectivity index (χ3v) is 11.3. The summed E-state index contributed by atoms with van der Waals surface area (Å²) in [6, 6.07) is 20.4. The van der Waals surface area contributed by atoms with Gasteiger partial charge in [0.15, 0.2) is 0 Å². The van der Waals surface area contributed by atoms with Gasteiger partial charge in [0, 0.05) is 37.6 Å². The molecule has 3 aromatic carbocycles. The van der Waals surface area contributed by atoms with Crippen LogP contribution >= 0.6 is 0 Å². The molecule has 0 radical (unpaired) electrons. The van der Waals surface area contributed by atoms with E-state index in [9.17, 15) is 14.7 Å². The van der Waals surface area contributed by atoms with Gasteiger partial charge in [0.25, 0.3) is 5.91 Å². The van der Waals surface area contributed by atoms with E-state index in [0.717, 1.165) is 23.6 Å². The lowest BCUT2D eigenvalue weighted by Gasteiger charge is -2.39. The maximum absolute atomic E-state index is 15.2. The van der Waals surface area contributed by atoms with Crippen LogP contribution in [0.25, 0.3) is 10.8 Å². The third kappa shape index (κ3) is 6.35. The Morgan fingerprint density at radius 2 is 1.59 bits per heavy atom. The molecule has 0 aromatic heterocycles. The van der Waals surface area contributed by atoms with Crippen LogP contribution in [0.5, 0.6) is 5.75 Å². The molecule has 6 rings (SSSR count). The van der Waals surface area contributed by atoms with Gasteiger partial charge >= 0.3 is 0 Å². The molecule has 3 unspecified atom stereocenters. The summed E-state index contributed by atoms with van der Waals surface area (Å²) in [4.78, 5) is 50.1. The van der Waals surface area contributed by atoms with E-state index in [1.54, 1.807) is 26.9 Å². The first-order valence-electron chi connectivity index (χ1n) is 18.3. The second-order valence-corrected chi connectivity index (χ2v) is 14.3. The predicted octanol–water partition coefficient (Wildman–Crippen LogP) is 6.54. The Morgan fingerprint density at radius 3 is 2.25 bits per heavy atom. The molecular weight excluding hydrogens is 642 g/mol. The molecule has 3 amide bonds. The van der Waals surface area contributed by atoms with Crippen molar-refractivity contribution in [2.45, 2.75) is 70.1 Å². The van der Waals surface area contributed by atoms with E-state index >= 15 is 4.79 Å². The normalized spacial score (nSPS) is 26.3. The summed E-state index contributed by atoms with van der Waals surface area (Å²) in [5.74, 6) is -1.73. The lowest BCUT2D eigenvalue weighted by atomic mass is 9.62. The second kappa shape index (κ2) is 15.0. The summed E-state index contributed by atoms with van der Waals surface area (Å²) in [6.07, 6.45) is 6.82. The van der Waals surface area contributed by atoms with Gasteiger partial charge in [0.05, 0.1) is 24.0 Å². The van der Waals surface area contributed by atoms with E-state index in [1.165, 1.54) is 0 Å². The van der Waals surface area contributed by atoms with Gasteiger partial charge in [0.2, 0.25) is 11.8 Å². The number of unbranched alkanes of at least 4 members (excludes halogenated alkanes) is 3. The van der Waals surface area contributed by atoms with Crippen molar-refractivity contribution in [1.29, 1.82) is 0 Å². The summed E-state index contributed by atoms with van der Waals surface area (Å²) in [5, 5.41) is 11.4. The minimum atomic E-state index is -1.19. The first kappa shape index (κ1) is 36.3. The first-order valence-corrected chi connectivity index (χ1v) is 18.3. The van der Waals surface area contributed by atoms with Crippen molar-refractivity contribution in [2.24, 2.45) is 17.8 Å². The van der Waals surface area contributed by atoms with E-state index in [0.29, 0.717) is 49.5 Å². The molecule has 2 bridgehead atoms. The van der Waals surface area contributed by atoms with Crippen LogP contribution in [0.1, 0.15) is 52.9 Å². The van der Waals surface area contributed by atoms with Crippen LogP contribution < -0.4 is 14.5 Å². The molecule has 3 aromatic rings. The maximum Gasteiger partial charge on any atom is 0.253 e. The van der Waals surface area contributed by atoms with Crippen molar-refractivity contribution in [3.05, 3.63) is 92.0 Å². The minimum absolute atomic E-state index is 0.102. The average Bonchev–Trinajstić information content (AvgIpc) is 3.65. The standard InChI is InChI=1S/C42H51N3O6/c1-6-23-43(32-19-21-34(22-20-32)50-8-3)38(47)35-36-39(48)45(25-13-9-10-14-26-46)37(42(36)28-29(4)41(35,5)51-42)40(49)44(24-7-2)33-18-17-30-15-11-12-16-31(30)27-33/h6-7,11-12,15-22,27,29,35-37,46H,1-2,8-10,13-14,23-26,28H2,3-5H3/t29?,35-,36-,37?,41+,42?/m0/s1. The van der Waals surface area contributed by atoms with Crippen LogP contribution in [0.2, 0.25) is 0 Å². The van der Waals surface area contributed by atoms with Crippen molar-refractivity contribution in [2.75, 3.05) is 42.6 Å². The lowest BCUT2D eigenvalue weighted by Crippen LogP contribution is -2.57. The van der Waals surface area contributed by atoms with Crippen molar-refractivity contribution >= 4 is 39.9 Å². The van der Waals surface area contributed by atoms with E-state index in [-0.39, 0.29) is 43.3 Å². The Morgan fingerprint density at radius 1 is 0.941 bits per heavy atom. The molecule has 9 nitrogen and oxygen atoms in total. The van der Waals surface area contributed by atoms with Crippen molar-refractivity contribution in [3.8, 4) is 5.75 Å². The smallest absolute Gasteiger partial charge is 0.253 e. The molecule has 3 heterocycles. The Bertz CT molecular complexity index is 1780. The zero-order chi connectivity index (χ0) is 36.3. The highest BCUT2D eigenvalue weighted by molar-refractivity contribution is 6.07. The number of amides is 3. The molecule has 6 atom stereocenters. The minimum Gasteiger partial charge on any atom is -0.494 e. The molecule has 3 saturated heterocycles. The number of carbonyl (C=O) groups excluding carboxylic acids is 3. The molecule has 3 fully saturated rings. The highest BCUT2D eigenvalue weighted by Gasteiger charge is 2.80. The molecule has 0 saturated carbocycles. The number of aliphatic hydroxyl groups is 1. The van der Waals surface area contributed by atoms with Gasteiger partial charge in [-0.1, -0.05) is 62.2 Å². The van der Waals surface area contributed by atoms with E-state index in [2.05, 4.69) is 20.1 Å². The summed E-state index contributed by atoms with van der Waals surface area (Å²) in [5.41, 5.74) is -0.785. The molecule has 3 aliphatic rings. The van der Waals surface area contributed by atoms with Gasteiger partial charge in [-0.25, -0.2) is 0 Å². The number of ether oxygens (including phenoxy) is 2. The zero-order valence-corrected chi connectivity index (χ0v) is 30.1. The molecule has 1 spiro atoms. The molecular formula is C42H51N3O6.